The van der Waals surface area contributed by atoms with Crippen LogP contribution in [0, 0.1) is 0 Å². The van der Waals surface area contributed by atoms with Crippen molar-refractivity contribution in [3.8, 4) is 0 Å². The molecule has 0 aliphatic rings. The topological polar surface area (TPSA) is 20.2 Å². The van der Waals surface area contributed by atoms with Gasteiger partial charge in [-0.3, -0.25) is 0 Å². The van der Waals surface area contributed by atoms with E-state index in [1.54, 1.807) is 0 Å². The molecular formula is C21H46OSi. The molecule has 0 aromatic rings. The van der Waals surface area contributed by atoms with E-state index in [4.69, 9.17) is 0 Å². The second kappa shape index (κ2) is 17.0. The number of rotatable bonds is 18. The molecule has 0 heterocycles. The predicted molar refractivity (Wildman–Crippen MR) is 109 cm³/mol. The maximum Gasteiger partial charge on any atom is 0.182 e. The lowest BCUT2D eigenvalue weighted by Crippen LogP contribution is -2.23. The summed E-state index contributed by atoms with van der Waals surface area (Å²) in [7, 11) is -1.77. The van der Waals surface area contributed by atoms with Crippen LogP contribution in [0.3, 0.4) is 0 Å². The van der Waals surface area contributed by atoms with Crippen molar-refractivity contribution in [2.24, 2.45) is 0 Å². The monoisotopic (exact) mass is 342 g/mol. The number of unbranched alkanes of at least 4 members (excludes halogenated alkanes) is 16. The van der Waals surface area contributed by atoms with E-state index in [-0.39, 0.29) is 0 Å². The van der Waals surface area contributed by atoms with Gasteiger partial charge in [0.1, 0.15) is 0 Å². The minimum Gasteiger partial charge on any atom is -0.432 e. The molecule has 0 aromatic carbocycles. The van der Waals surface area contributed by atoms with Crippen LogP contribution in [0.5, 0.6) is 0 Å². The van der Waals surface area contributed by atoms with Crippen molar-refractivity contribution in [2.75, 3.05) is 0 Å². The summed E-state index contributed by atoms with van der Waals surface area (Å²) in [6.07, 6.45) is 24.2. The van der Waals surface area contributed by atoms with Crippen LogP contribution in [-0.4, -0.2) is 13.1 Å². The second-order valence-electron chi connectivity index (χ2n) is 8.22. The molecule has 0 aliphatic carbocycles. The lowest BCUT2D eigenvalue weighted by atomic mass is 10.0. The highest BCUT2D eigenvalue weighted by molar-refractivity contribution is 6.69. The molecular weight excluding hydrogens is 296 g/mol. The Labute approximate surface area is 148 Å². The lowest BCUT2D eigenvalue weighted by molar-refractivity contribution is 0.522. The van der Waals surface area contributed by atoms with Gasteiger partial charge >= 0.3 is 0 Å². The first-order valence-electron chi connectivity index (χ1n) is 10.8. The van der Waals surface area contributed by atoms with Gasteiger partial charge in [0, 0.05) is 0 Å². The van der Waals surface area contributed by atoms with Crippen molar-refractivity contribution < 1.29 is 4.80 Å². The van der Waals surface area contributed by atoms with Gasteiger partial charge in [0.2, 0.25) is 0 Å². The third kappa shape index (κ3) is 22.2. The Morgan fingerprint density at radius 2 is 0.739 bits per heavy atom. The highest BCUT2D eigenvalue weighted by Gasteiger charge is 2.14. The molecule has 0 saturated heterocycles. The van der Waals surface area contributed by atoms with Crippen LogP contribution < -0.4 is 0 Å². The van der Waals surface area contributed by atoms with Crippen molar-refractivity contribution in [3.63, 3.8) is 0 Å². The fraction of sp³-hybridized carbons (Fsp3) is 1.00. The van der Waals surface area contributed by atoms with Crippen molar-refractivity contribution in [1.82, 2.24) is 0 Å². The van der Waals surface area contributed by atoms with Crippen LogP contribution in [0.1, 0.15) is 116 Å². The van der Waals surface area contributed by atoms with Gasteiger partial charge in [-0.1, -0.05) is 116 Å². The Bertz CT molecular complexity index is 222. The van der Waals surface area contributed by atoms with E-state index in [0.717, 1.165) is 6.04 Å². The van der Waals surface area contributed by atoms with Crippen molar-refractivity contribution in [2.45, 2.75) is 135 Å². The molecule has 0 fully saturated rings. The third-order valence-corrected chi connectivity index (χ3v) is 6.47. The van der Waals surface area contributed by atoms with Crippen LogP contribution in [0.2, 0.25) is 19.1 Å². The van der Waals surface area contributed by atoms with Crippen molar-refractivity contribution in [3.05, 3.63) is 0 Å². The molecule has 0 amide bonds. The third-order valence-electron chi connectivity index (χ3n) is 4.89. The predicted octanol–water partition coefficient (Wildman–Crippen LogP) is 7.84. The van der Waals surface area contributed by atoms with Gasteiger partial charge in [-0.05, 0) is 19.1 Å². The molecule has 0 spiro atoms. The summed E-state index contributed by atoms with van der Waals surface area (Å²) in [4.78, 5) is 9.78. The summed E-state index contributed by atoms with van der Waals surface area (Å²) in [5, 5.41) is 0. The first kappa shape index (κ1) is 23.2. The largest absolute Gasteiger partial charge is 0.432 e. The van der Waals surface area contributed by atoms with Gasteiger partial charge in [0.25, 0.3) is 0 Å². The van der Waals surface area contributed by atoms with E-state index < -0.39 is 8.32 Å². The van der Waals surface area contributed by atoms with Crippen molar-refractivity contribution >= 4 is 8.32 Å². The molecule has 0 aliphatic heterocycles. The second-order valence-corrected chi connectivity index (χ2v) is 12.3. The lowest BCUT2D eigenvalue weighted by Gasteiger charge is -2.12. The Kier molecular flexibility index (Phi) is 17.1. The molecule has 23 heavy (non-hydrogen) atoms. The zero-order chi connectivity index (χ0) is 17.2. The highest BCUT2D eigenvalue weighted by Crippen LogP contribution is 2.16. The molecule has 0 aromatic heterocycles. The van der Waals surface area contributed by atoms with Crippen LogP contribution in [0.4, 0.5) is 0 Å². The molecule has 1 nitrogen and oxygen atoms in total. The van der Waals surface area contributed by atoms with Crippen LogP contribution >= 0.6 is 0 Å². The average molecular weight is 343 g/mol. The van der Waals surface area contributed by atoms with Gasteiger partial charge in [-0.15, -0.1) is 0 Å². The maximum absolute atomic E-state index is 9.78. The minimum absolute atomic E-state index is 1.09. The van der Waals surface area contributed by atoms with Gasteiger partial charge in [0.15, 0.2) is 8.32 Å². The van der Waals surface area contributed by atoms with E-state index in [9.17, 15) is 4.80 Å². The summed E-state index contributed by atoms with van der Waals surface area (Å²) < 4.78 is 0. The SMILES string of the molecule is CCCCCCCCCCCCCCCCCCC[Si](C)(C)O. The van der Waals surface area contributed by atoms with E-state index in [1.807, 2.05) is 0 Å². The summed E-state index contributed by atoms with van der Waals surface area (Å²) in [6, 6.07) is 1.09. The maximum atomic E-state index is 9.78. The van der Waals surface area contributed by atoms with E-state index >= 15 is 0 Å². The van der Waals surface area contributed by atoms with E-state index in [2.05, 4.69) is 20.0 Å². The first-order valence-corrected chi connectivity index (χ1v) is 13.9. The van der Waals surface area contributed by atoms with Gasteiger partial charge in [-0.25, -0.2) is 0 Å². The molecule has 1 N–H and O–H groups in total. The molecule has 0 rings (SSSR count). The number of hydrogen-bond acceptors (Lipinski definition) is 1. The summed E-state index contributed by atoms with van der Waals surface area (Å²) >= 11 is 0. The Balaban J connectivity index is 3.00. The fourth-order valence-electron chi connectivity index (χ4n) is 3.28. The Morgan fingerprint density at radius 3 is 1.00 bits per heavy atom. The van der Waals surface area contributed by atoms with E-state index in [1.165, 1.54) is 109 Å². The Hall–Kier alpha value is 0.177. The number of hydrogen-bond donors (Lipinski definition) is 1. The summed E-state index contributed by atoms with van der Waals surface area (Å²) in [5.41, 5.74) is 0. The normalized spacial score (nSPS) is 12.0. The smallest absolute Gasteiger partial charge is 0.182 e. The van der Waals surface area contributed by atoms with Crippen LogP contribution in [0.25, 0.3) is 0 Å². The van der Waals surface area contributed by atoms with Gasteiger partial charge in [-0.2, -0.15) is 0 Å². The van der Waals surface area contributed by atoms with E-state index in [0.29, 0.717) is 0 Å². The molecule has 0 saturated carbocycles. The summed E-state index contributed by atoms with van der Waals surface area (Å²) in [5.74, 6) is 0. The summed E-state index contributed by atoms with van der Waals surface area (Å²) in [6.45, 7) is 6.40. The zero-order valence-electron chi connectivity index (χ0n) is 16.7. The zero-order valence-corrected chi connectivity index (χ0v) is 17.7. The molecule has 0 bridgehead atoms. The van der Waals surface area contributed by atoms with Gasteiger partial charge in [0.05, 0.1) is 0 Å². The average Bonchev–Trinajstić information content (AvgIpc) is 2.49. The molecule has 0 atom stereocenters. The first-order chi connectivity index (χ1) is 11.1. The van der Waals surface area contributed by atoms with Crippen LogP contribution in [-0.2, 0) is 0 Å². The van der Waals surface area contributed by atoms with Gasteiger partial charge < -0.3 is 4.80 Å². The quantitative estimate of drug-likeness (QED) is 0.199. The van der Waals surface area contributed by atoms with Crippen molar-refractivity contribution in [1.29, 1.82) is 0 Å². The van der Waals surface area contributed by atoms with Crippen LogP contribution in [0.15, 0.2) is 0 Å². The Morgan fingerprint density at radius 1 is 0.478 bits per heavy atom. The minimum atomic E-state index is -1.77. The molecule has 140 valence electrons. The standard InChI is InChI=1S/C21H46OSi/c1-4-5-6-7-8-9-10-11-12-13-14-15-16-17-18-19-20-21-23(2,3)22/h22H,4-21H2,1-3H3. The molecule has 0 unspecified atom stereocenters. The fourth-order valence-corrected chi connectivity index (χ4v) is 4.40. The molecule has 0 radical (unpaired) electrons. The highest BCUT2D eigenvalue weighted by atomic mass is 28.4. The molecule has 2 heteroatoms.